The highest BCUT2D eigenvalue weighted by Crippen LogP contribution is 2.19. The number of aliphatic hydroxyl groups is 1. The van der Waals surface area contributed by atoms with Crippen molar-refractivity contribution in [1.29, 1.82) is 0 Å². The predicted molar refractivity (Wildman–Crippen MR) is 142 cm³/mol. The lowest BCUT2D eigenvalue weighted by Gasteiger charge is -2.19. The molecule has 198 valence electrons. The van der Waals surface area contributed by atoms with Gasteiger partial charge in [-0.2, -0.15) is 0 Å². The molecule has 0 aromatic rings. The molecule has 0 rings (SSSR count). The number of carbonyl (C=O) groups is 1. The normalized spacial score (nSPS) is 12.4. The Hall–Kier alpha value is -0.650. The molecule has 33 heavy (non-hydrogen) atoms. The number of aliphatic hydroxyl groups excluding tert-OH is 1. The number of unbranched alkanes of at least 4 members (excludes halogenated alkanes) is 10. The molecule has 0 saturated heterocycles. The molecule has 0 aliphatic rings. The second-order valence-electron chi connectivity index (χ2n) is 9.67. The monoisotopic (exact) mass is 470 g/mol. The van der Waals surface area contributed by atoms with E-state index in [2.05, 4.69) is 31.0 Å². The van der Waals surface area contributed by atoms with Crippen molar-refractivity contribution in [2.45, 2.75) is 124 Å². The highest BCUT2D eigenvalue weighted by Gasteiger charge is 2.12. The van der Waals surface area contributed by atoms with Gasteiger partial charge in [0, 0.05) is 26.1 Å². The van der Waals surface area contributed by atoms with Crippen molar-refractivity contribution in [3.8, 4) is 0 Å². The van der Waals surface area contributed by atoms with Gasteiger partial charge in [-0.3, -0.25) is 4.79 Å². The second-order valence-corrected chi connectivity index (χ2v) is 9.67. The Morgan fingerprint density at radius 2 is 1.39 bits per heavy atom. The summed E-state index contributed by atoms with van der Waals surface area (Å²) in [5, 5.41) is 12.5. The molecule has 0 fully saturated rings. The lowest BCUT2D eigenvalue weighted by atomic mass is 9.95. The number of hydrogen-bond acceptors (Lipinski definition) is 5. The van der Waals surface area contributed by atoms with Crippen LogP contribution < -0.4 is 5.32 Å². The van der Waals surface area contributed by atoms with Gasteiger partial charge in [0.15, 0.2) is 0 Å². The molecule has 1 unspecified atom stereocenters. The molecule has 0 aliphatic carbocycles. The molecule has 5 heteroatoms. The third-order valence-electron chi connectivity index (χ3n) is 6.61. The van der Waals surface area contributed by atoms with Crippen LogP contribution in [0.3, 0.4) is 0 Å². The van der Waals surface area contributed by atoms with Crippen LogP contribution in [-0.4, -0.2) is 61.9 Å². The number of nitrogens with zero attached hydrogens (tertiary/aromatic N) is 1. The number of esters is 1. The fourth-order valence-corrected chi connectivity index (χ4v) is 4.29. The van der Waals surface area contributed by atoms with E-state index in [1.54, 1.807) is 0 Å². The average Bonchev–Trinajstić information content (AvgIpc) is 2.82. The number of nitrogens with one attached hydrogen (secondary N) is 1. The van der Waals surface area contributed by atoms with Crippen LogP contribution in [0.2, 0.25) is 0 Å². The first kappa shape index (κ1) is 32.4. The summed E-state index contributed by atoms with van der Waals surface area (Å²) in [7, 11) is 0. The van der Waals surface area contributed by atoms with Crippen molar-refractivity contribution in [3.63, 3.8) is 0 Å². The van der Waals surface area contributed by atoms with E-state index in [-0.39, 0.29) is 12.6 Å². The summed E-state index contributed by atoms with van der Waals surface area (Å²) in [6.07, 6.45) is 19.2. The molecule has 2 N–H and O–H groups in total. The van der Waals surface area contributed by atoms with Crippen molar-refractivity contribution in [2.24, 2.45) is 5.92 Å². The van der Waals surface area contributed by atoms with Gasteiger partial charge in [-0.25, -0.2) is 0 Å². The number of ether oxygens (including phenoxy) is 1. The van der Waals surface area contributed by atoms with Crippen LogP contribution in [0.5, 0.6) is 0 Å². The Labute approximate surface area is 206 Å². The van der Waals surface area contributed by atoms with Crippen LogP contribution in [0, 0.1) is 5.92 Å². The third kappa shape index (κ3) is 22.9. The molecule has 0 aromatic carbocycles. The van der Waals surface area contributed by atoms with E-state index in [1.807, 2.05) is 0 Å². The highest BCUT2D eigenvalue weighted by atomic mass is 16.5. The highest BCUT2D eigenvalue weighted by molar-refractivity contribution is 5.69. The van der Waals surface area contributed by atoms with Gasteiger partial charge in [0.1, 0.15) is 0 Å². The minimum Gasteiger partial charge on any atom is -0.465 e. The summed E-state index contributed by atoms with van der Waals surface area (Å²) >= 11 is 0. The van der Waals surface area contributed by atoms with Crippen molar-refractivity contribution in [3.05, 3.63) is 0 Å². The zero-order valence-corrected chi connectivity index (χ0v) is 22.6. The van der Waals surface area contributed by atoms with Gasteiger partial charge >= 0.3 is 5.97 Å². The lowest BCUT2D eigenvalue weighted by Crippen LogP contribution is -2.34. The third-order valence-corrected chi connectivity index (χ3v) is 6.61. The van der Waals surface area contributed by atoms with E-state index in [0.717, 1.165) is 52.0 Å². The Balaban J connectivity index is 3.85. The van der Waals surface area contributed by atoms with Gasteiger partial charge in [0.2, 0.25) is 0 Å². The molecule has 0 aliphatic heterocycles. The van der Waals surface area contributed by atoms with Gasteiger partial charge in [-0.15, -0.1) is 0 Å². The van der Waals surface area contributed by atoms with Crippen LogP contribution in [-0.2, 0) is 9.53 Å². The zero-order chi connectivity index (χ0) is 24.4. The lowest BCUT2D eigenvalue weighted by molar-refractivity contribution is -0.145. The van der Waals surface area contributed by atoms with Crippen LogP contribution in [0.4, 0.5) is 0 Å². The van der Waals surface area contributed by atoms with Gasteiger partial charge in [-0.05, 0) is 44.7 Å². The molecule has 0 bridgehead atoms. The molecular formula is C28H58N2O3. The maximum Gasteiger partial charge on any atom is 0.305 e. The van der Waals surface area contributed by atoms with Gasteiger partial charge in [-0.1, -0.05) is 91.4 Å². The van der Waals surface area contributed by atoms with E-state index < -0.39 is 0 Å². The van der Waals surface area contributed by atoms with Crippen LogP contribution in [0.25, 0.3) is 0 Å². The topological polar surface area (TPSA) is 61.8 Å². The standard InChI is InChI=1S/C28H58N2O3/c1-4-7-9-11-12-15-19-27(18-14-10-8-5-2)26-33-28(32)20-16-13-17-21-29-22-23-30(6-3)24-25-31/h27,29,31H,4-26H2,1-3H3. The Morgan fingerprint density at radius 1 is 0.788 bits per heavy atom. The fourth-order valence-electron chi connectivity index (χ4n) is 4.29. The van der Waals surface area contributed by atoms with Crippen molar-refractivity contribution < 1.29 is 14.6 Å². The molecule has 0 amide bonds. The largest absolute Gasteiger partial charge is 0.465 e. The molecule has 5 nitrogen and oxygen atoms in total. The summed E-state index contributed by atoms with van der Waals surface area (Å²) in [6.45, 7) is 12.1. The maximum absolute atomic E-state index is 12.2. The number of carbonyl (C=O) groups excluding carboxylic acids is 1. The quantitative estimate of drug-likeness (QED) is 0.114. The fraction of sp³-hybridized carbons (Fsp3) is 0.964. The first-order chi connectivity index (χ1) is 16.2. The summed E-state index contributed by atoms with van der Waals surface area (Å²) in [6, 6.07) is 0. The summed E-state index contributed by atoms with van der Waals surface area (Å²) in [5.74, 6) is 0.543. The first-order valence-electron chi connectivity index (χ1n) is 14.4. The van der Waals surface area contributed by atoms with Crippen molar-refractivity contribution >= 4 is 5.97 Å². The number of hydrogen-bond donors (Lipinski definition) is 2. The maximum atomic E-state index is 12.2. The minimum absolute atomic E-state index is 0.00736. The van der Waals surface area contributed by atoms with Crippen molar-refractivity contribution in [1.82, 2.24) is 10.2 Å². The van der Waals surface area contributed by atoms with E-state index in [1.165, 1.54) is 77.0 Å². The van der Waals surface area contributed by atoms with Crippen LogP contribution in [0.1, 0.15) is 124 Å². The molecule has 0 saturated carbocycles. The smallest absolute Gasteiger partial charge is 0.305 e. The van der Waals surface area contributed by atoms with E-state index in [0.29, 0.717) is 18.9 Å². The molecule has 0 spiro atoms. The summed E-state index contributed by atoms with van der Waals surface area (Å²) < 4.78 is 5.68. The summed E-state index contributed by atoms with van der Waals surface area (Å²) in [5.41, 5.74) is 0. The molecule has 1 atom stereocenters. The van der Waals surface area contributed by atoms with Crippen LogP contribution >= 0.6 is 0 Å². The minimum atomic E-state index is -0.00736. The molecular weight excluding hydrogens is 412 g/mol. The second kappa shape index (κ2) is 26.0. The van der Waals surface area contributed by atoms with Crippen molar-refractivity contribution in [2.75, 3.05) is 45.9 Å². The molecule has 0 heterocycles. The molecule has 0 radical (unpaired) electrons. The Morgan fingerprint density at radius 3 is 2.03 bits per heavy atom. The predicted octanol–water partition coefficient (Wildman–Crippen LogP) is 6.33. The van der Waals surface area contributed by atoms with Gasteiger partial charge < -0.3 is 20.1 Å². The van der Waals surface area contributed by atoms with Gasteiger partial charge in [0.25, 0.3) is 0 Å². The van der Waals surface area contributed by atoms with E-state index in [4.69, 9.17) is 9.84 Å². The SMILES string of the molecule is CCCCCCCCC(CCCCCC)COC(=O)CCCCCNCCN(CC)CCO. The molecule has 0 aromatic heterocycles. The Kier molecular flexibility index (Phi) is 25.5. The van der Waals surface area contributed by atoms with Gasteiger partial charge in [0.05, 0.1) is 13.2 Å². The van der Waals surface area contributed by atoms with Crippen LogP contribution in [0.15, 0.2) is 0 Å². The average molecular weight is 471 g/mol. The first-order valence-corrected chi connectivity index (χ1v) is 14.4. The number of rotatable bonds is 26. The van der Waals surface area contributed by atoms with E-state index >= 15 is 0 Å². The Bertz CT molecular complexity index is 407. The zero-order valence-electron chi connectivity index (χ0n) is 22.6. The van der Waals surface area contributed by atoms with E-state index in [9.17, 15) is 4.79 Å². The summed E-state index contributed by atoms with van der Waals surface area (Å²) in [4.78, 5) is 14.5. The number of likely N-dealkylation sites (N-methyl/N-ethyl adjacent to an activating group) is 1.